The third-order valence-corrected chi connectivity index (χ3v) is 5.52. The van der Waals surface area contributed by atoms with E-state index in [-0.39, 0.29) is 18.9 Å². The Morgan fingerprint density at radius 2 is 1.74 bits per heavy atom. The van der Waals surface area contributed by atoms with Crippen molar-refractivity contribution in [3.63, 3.8) is 0 Å². The van der Waals surface area contributed by atoms with Gasteiger partial charge in [0.15, 0.2) is 6.61 Å². The highest BCUT2D eigenvalue weighted by molar-refractivity contribution is 9.11. The fourth-order valence-corrected chi connectivity index (χ4v) is 3.55. The summed E-state index contributed by atoms with van der Waals surface area (Å²) < 4.78 is 17.6. The standard InChI is InChI=1S/C21H23Br2N3O5/c1-12-7-18(16(23)10-15(12)22)31-11-21(28)26-25-13(2)8-20(27)24-17-6-5-14(29-3)9-19(17)30-4/h5-7,9-10H,8,11H2,1-4H3,(H,24,27)(H,26,28)/b25-13+. The van der Waals surface area contributed by atoms with E-state index in [4.69, 9.17) is 14.2 Å². The Bertz CT molecular complexity index is 995. The zero-order valence-electron chi connectivity index (χ0n) is 17.5. The number of rotatable bonds is 9. The van der Waals surface area contributed by atoms with Crippen LogP contribution in [0.2, 0.25) is 0 Å². The van der Waals surface area contributed by atoms with Crippen LogP contribution >= 0.6 is 31.9 Å². The first-order chi connectivity index (χ1) is 14.7. The molecular formula is C21H23Br2N3O5. The van der Waals surface area contributed by atoms with Crippen molar-refractivity contribution in [1.82, 2.24) is 5.43 Å². The van der Waals surface area contributed by atoms with Crippen LogP contribution in [0.3, 0.4) is 0 Å². The lowest BCUT2D eigenvalue weighted by Crippen LogP contribution is -2.26. The number of methoxy groups -OCH3 is 2. The first kappa shape index (κ1) is 24.7. The van der Waals surface area contributed by atoms with E-state index in [0.29, 0.717) is 28.6 Å². The highest BCUT2D eigenvalue weighted by Gasteiger charge is 2.11. The lowest BCUT2D eigenvalue weighted by molar-refractivity contribution is -0.123. The Kier molecular flexibility index (Phi) is 9.32. The van der Waals surface area contributed by atoms with Crippen LogP contribution in [0.15, 0.2) is 44.4 Å². The third-order valence-electron chi connectivity index (χ3n) is 4.04. The Balaban J connectivity index is 1.86. The summed E-state index contributed by atoms with van der Waals surface area (Å²) in [5.41, 5.74) is 4.30. The zero-order valence-corrected chi connectivity index (χ0v) is 20.7. The van der Waals surface area contributed by atoms with Crippen LogP contribution in [0, 0.1) is 6.92 Å². The van der Waals surface area contributed by atoms with E-state index in [1.165, 1.54) is 7.11 Å². The molecule has 0 heterocycles. The monoisotopic (exact) mass is 555 g/mol. The van der Waals surface area contributed by atoms with Crippen LogP contribution < -0.4 is 25.0 Å². The summed E-state index contributed by atoms with van der Waals surface area (Å²) in [6.07, 6.45) is -0.00617. The van der Waals surface area contributed by atoms with Crippen LogP contribution in [0.25, 0.3) is 0 Å². The Morgan fingerprint density at radius 1 is 1.00 bits per heavy atom. The number of aryl methyl sites for hydroxylation is 1. The molecule has 0 radical (unpaired) electrons. The molecule has 0 unspecified atom stereocenters. The predicted molar refractivity (Wildman–Crippen MR) is 126 cm³/mol. The molecule has 0 aromatic heterocycles. The molecule has 0 aliphatic rings. The molecule has 31 heavy (non-hydrogen) atoms. The SMILES string of the molecule is COc1ccc(NC(=O)C/C(C)=N/NC(=O)COc2cc(C)c(Br)cc2Br)c(OC)c1. The number of nitrogens with one attached hydrogen (secondary N) is 2. The number of anilines is 1. The molecule has 2 rings (SSSR count). The highest BCUT2D eigenvalue weighted by Crippen LogP contribution is 2.31. The van der Waals surface area contributed by atoms with E-state index in [9.17, 15) is 9.59 Å². The highest BCUT2D eigenvalue weighted by atomic mass is 79.9. The van der Waals surface area contributed by atoms with Crippen LogP contribution in [-0.4, -0.2) is 38.4 Å². The first-order valence-corrected chi connectivity index (χ1v) is 10.7. The molecule has 8 nitrogen and oxygen atoms in total. The van der Waals surface area contributed by atoms with Crippen molar-refractivity contribution in [2.24, 2.45) is 5.10 Å². The van der Waals surface area contributed by atoms with E-state index in [1.807, 2.05) is 19.1 Å². The third kappa shape index (κ3) is 7.55. The Hall–Kier alpha value is -2.59. The van der Waals surface area contributed by atoms with Crippen LogP contribution in [0.5, 0.6) is 17.2 Å². The van der Waals surface area contributed by atoms with Gasteiger partial charge in [-0.2, -0.15) is 5.10 Å². The van der Waals surface area contributed by atoms with Gasteiger partial charge in [-0.3, -0.25) is 9.59 Å². The van der Waals surface area contributed by atoms with Gasteiger partial charge in [0.05, 0.1) is 30.8 Å². The summed E-state index contributed by atoms with van der Waals surface area (Å²) >= 11 is 6.82. The topological polar surface area (TPSA) is 98.2 Å². The molecule has 166 valence electrons. The number of carbonyl (C=O) groups excluding carboxylic acids is 2. The molecule has 0 saturated heterocycles. The van der Waals surface area contributed by atoms with Crippen LogP contribution in [-0.2, 0) is 9.59 Å². The molecule has 2 aromatic rings. The van der Waals surface area contributed by atoms with Crippen molar-refractivity contribution >= 4 is 55.1 Å². The van der Waals surface area contributed by atoms with Gasteiger partial charge in [-0.15, -0.1) is 0 Å². The maximum absolute atomic E-state index is 12.3. The summed E-state index contributed by atoms with van der Waals surface area (Å²) in [4.78, 5) is 24.3. The Morgan fingerprint density at radius 3 is 2.42 bits per heavy atom. The molecule has 0 bridgehead atoms. The number of nitrogens with zero attached hydrogens (tertiary/aromatic N) is 1. The Labute approximate surface area is 197 Å². The van der Waals surface area contributed by atoms with Crippen molar-refractivity contribution in [1.29, 1.82) is 0 Å². The maximum Gasteiger partial charge on any atom is 0.277 e. The zero-order chi connectivity index (χ0) is 23.0. The number of hydrogen-bond donors (Lipinski definition) is 2. The molecule has 0 aliphatic carbocycles. The second kappa shape index (κ2) is 11.7. The largest absolute Gasteiger partial charge is 0.497 e. The van der Waals surface area contributed by atoms with Crippen molar-refractivity contribution in [2.45, 2.75) is 20.3 Å². The van der Waals surface area contributed by atoms with Gasteiger partial charge in [0, 0.05) is 16.3 Å². The van der Waals surface area contributed by atoms with E-state index in [0.717, 1.165) is 14.5 Å². The van der Waals surface area contributed by atoms with Crippen molar-refractivity contribution in [3.05, 3.63) is 44.8 Å². The number of benzene rings is 2. The van der Waals surface area contributed by atoms with E-state index in [1.54, 1.807) is 32.2 Å². The summed E-state index contributed by atoms with van der Waals surface area (Å²) in [6.45, 7) is 3.34. The number of hydrazone groups is 1. The van der Waals surface area contributed by atoms with Gasteiger partial charge in [-0.05, 0) is 59.6 Å². The number of carbonyl (C=O) groups is 2. The van der Waals surface area contributed by atoms with Gasteiger partial charge in [0.25, 0.3) is 5.91 Å². The van der Waals surface area contributed by atoms with Gasteiger partial charge in [-0.1, -0.05) is 15.9 Å². The minimum absolute atomic E-state index is 0.00617. The molecular weight excluding hydrogens is 534 g/mol. The minimum Gasteiger partial charge on any atom is -0.497 e. The van der Waals surface area contributed by atoms with Gasteiger partial charge in [0.1, 0.15) is 17.2 Å². The lowest BCUT2D eigenvalue weighted by atomic mass is 10.2. The van der Waals surface area contributed by atoms with Gasteiger partial charge in [-0.25, -0.2) is 5.43 Å². The maximum atomic E-state index is 12.3. The van der Waals surface area contributed by atoms with E-state index >= 15 is 0 Å². The summed E-state index contributed by atoms with van der Waals surface area (Å²) in [7, 11) is 3.05. The van der Waals surface area contributed by atoms with Crippen LogP contribution in [0.1, 0.15) is 18.9 Å². The molecule has 10 heteroatoms. The molecule has 0 spiro atoms. The van der Waals surface area contributed by atoms with Crippen molar-refractivity contribution in [3.8, 4) is 17.2 Å². The fraction of sp³-hybridized carbons (Fsp3) is 0.286. The average Bonchev–Trinajstić information content (AvgIpc) is 2.74. The molecule has 0 saturated carbocycles. The van der Waals surface area contributed by atoms with E-state index < -0.39 is 5.91 Å². The molecule has 2 N–H and O–H groups in total. The van der Waals surface area contributed by atoms with Gasteiger partial charge in [0.2, 0.25) is 5.91 Å². The lowest BCUT2D eigenvalue weighted by Gasteiger charge is -2.11. The van der Waals surface area contributed by atoms with Crippen molar-refractivity contribution < 1.29 is 23.8 Å². The normalized spacial score (nSPS) is 11.0. The molecule has 0 aliphatic heterocycles. The minimum atomic E-state index is -0.441. The number of ether oxygens (including phenoxy) is 3. The van der Waals surface area contributed by atoms with Crippen LogP contribution in [0.4, 0.5) is 5.69 Å². The molecule has 2 amide bonds. The number of amides is 2. The van der Waals surface area contributed by atoms with E-state index in [2.05, 4.69) is 47.7 Å². The predicted octanol–water partition coefficient (Wildman–Crippen LogP) is 4.44. The first-order valence-electron chi connectivity index (χ1n) is 9.15. The average molecular weight is 557 g/mol. The summed E-state index contributed by atoms with van der Waals surface area (Å²) in [5, 5.41) is 6.70. The number of halogens is 2. The fourth-order valence-electron chi connectivity index (χ4n) is 2.44. The second-order valence-electron chi connectivity index (χ2n) is 6.49. The van der Waals surface area contributed by atoms with Crippen molar-refractivity contribution in [2.75, 3.05) is 26.1 Å². The summed E-state index contributed by atoms with van der Waals surface area (Å²) in [5.74, 6) is 0.892. The summed E-state index contributed by atoms with van der Waals surface area (Å²) in [6, 6.07) is 8.73. The molecule has 0 atom stereocenters. The van der Waals surface area contributed by atoms with Gasteiger partial charge >= 0.3 is 0 Å². The number of hydrogen-bond acceptors (Lipinski definition) is 6. The van der Waals surface area contributed by atoms with Gasteiger partial charge < -0.3 is 19.5 Å². The smallest absolute Gasteiger partial charge is 0.277 e. The molecule has 2 aromatic carbocycles. The second-order valence-corrected chi connectivity index (χ2v) is 8.20. The quantitative estimate of drug-likeness (QED) is 0.351. The molecule has 0 fully saturated rings.